The molecule has 4 heterocycles. The highest BCUT2D eigenvalue weighted by molar-refractivity contribution is 5.47. The molecule has 1 fully saturated rings. The van der Waals surface area contributed by atoms with E-state index >= 15 is 0 Å². The number of ether oxygens (including phenoxy) is 1. The second-order valence-corrected chi connectivity index (χ2v) is 7.63. The number of hydrogen-bond donors (Lipinski definition) is 0. The van der Waals surface area contributed by atoms with Crippen molar-refractivity contribution in [3.05, 3.63) is 58.3 Å². The number of aromatic nitrogens is 4. The van der Waals surface area contributed by atoms with Crippen molar-refractivity contribution in [2.24, 2.45) is 0 Å². The third kappa shape index (κ3) is 3.09. The SMILES string of the molecule is O=c1c2cnc(C3CCOCC3)n2nc2n1CCCN2CCc1ccccc1. The molecule has 0 saturated carbocycles. The van der Waals surface area contributed by atoms with Crippen LogP contribution < -0.4 is 10.5 Å². The molecule has 2 aromatic heterocycles. The molecule has 3 aromatic rings. The molecule has 1 saturated heterocycles. The lowest BCUT2D eigenvalue weighted by Crippen LogP contribution is -2.40. The first-order chi connectivity index (χ1) is 13.8. The van der Waals surface area contributed by atoms with Crippen LogP contribution in [0, 0.1) is 0 Å². The maximum atomic E-state index is 13.1. The Balaban J connectivity index is 1.50. The Labute approximate surface area is 163 Å². The molecule has 146 valence electrons. The lowest BCUT2D eigenvalue weighted by atomic mass is 10.00. The van der Waals surface area contributed by atoms with Crippen molar-refractivity contribution in [3.63, 3.8) is 0 Å². The van der Waals surface area contributed by atoms with Crippen molar-refractivity contribution < 1.29 is 4.74 Å². The van der Waals surface area contributed by atoms with E-state index in [1.165, 1.54) is 5.56 Å². The van der Waals surface area contributed by atoms with Crippen molar-refractivity contribution in [1.82, 2.24) is 19.2 Å². The van der Waals surface area contributed by atoms with E-state index in [1.807, 2.05) is 10.6 Å². The molecule has 2 aliphatic rings. The average molecular weight is 379 g/mol. The topological polar surface area (TPSA) is 64.7 Å². The van der Waals surface area contributed by atoms with Gasteiger partial charge in [0.1, 0.15) is 5.82 Å². The van der Waals surface area contributed by atoms with Crippen molar-refractivity contribution in [1.29, 1.82) is 0 Å². The van der Waals surface area contributed by atoms with E-state index in [9.17, 15) is 4.79 Å². The van der Waals surface area contributed by atoms with E-state index < -0.39 is 0 Å². The van der Waals surface area contributed by atoms with Crippen molar-refractivity contribution in [2.45, 2.75) is 38.1 Å². The summed E-state index contributed by atoms with van der Waals surface area (Å²) in [5, 5.41) is 4.91. The van der Waals surface area contributed by atoms with E-state index in [4.69, 9.17) is 9.84 Å². The quantitative estimate of drug-likeness (QED) is 0.696. The van der Waals surface area contributed by atoms with Gasteiger partial charge in [-0.05, 0) is 31.2 Å². The summed E-state index contributed by atoms with van der Waals surface area (Å²) in [7, 11) is 0. The highest BCUT2D eigenvalue weighted by Gasteiger charge is 2.26. The van der Waals surface area contributed by atoms with Crippen LogP contribution in [-0.2, 0) is 17.7 Å². The van der Waals surface area contributed by atoms with Crippen LogP contribution in [0.3, 0.4) is 0 Å². The monoisotopic (exact) mass is 379 g/mol. The summed E-state index contributed by atoms with van der Waals surface area (Å²) in [4.78, 5) is 19.9. The number of benzene rings is 1. The number of hydrogen-bond acceptors (Lipinski definition) is 5. The van der Waals surface area contributed by atoms with Gasteiger partial charge in [0.05, 0.1) is 6.20 Å². The molecule has 0 bridgehead atoms. The summed E-state index contributed by atoms with van der Waals surface area (Å²) < 4.78 is 9.10. The zero-order valence-electron chi connectivity index (χ0n) is 16.0. The fraction of sp³-hybridized carbons (Fsp3) is 0.476. The molecule has 0 spiro atoms. The Bertz CT molecular complexity index is 1020. The molecule has 0 amide bonds. The number of imidazole rings is 1. The fourth-order valence-electron chi connectivity index (χ4n) is 4.29. The number of fused-ring (bicyclic) bond motifs is 2. The van der Waals surface area contributed by atoms with E-state index in [1.54, 1.807) is 10.7 Å². The van der Waals surface area contributed by atoms with Crippen molar-refractivity contribution in [2.75, 3.05) is 31.2 Å². The Morgan fingerprint density at radius 1 is 1.11 bits per heavy atom. The van der Waals surface area contributed by atoms with Crippen LogP contribution in [0.1, 0.15) is 36.6 Å². The second kappa shape index (κ2) is 7.39. The highest BCUT2D eigenvalue weighted by Crippen LogP contribution is 2.26. The average Bonchev–Trinajstić information content (AvgIpc) is 3.18. The van der Waals surface area contributed by atoms with E-state index in [0.29, 0.717) is 11.4 Å². The van der Waals surface area contributed by atoms with Crippen LogP contribution in [-0.4, -0.2) is 45.5 Å². The molecule has 7 heteroatoms. The molecule has 0 N–H and O–H groups in total. The van der Waals surface area contributed by atoms with Crippen LogP contribution in [0.4, 0.5) is 5.95 Å². The summed E-state index contributed by atoms with van der Waals surface area (Å²) in [5.74, 6) is 1.96. The largest absolute Gasteiger partial charge is 0.381 e. The lowest BCUT2D eigenvalue weighted by Gasteiger charge is -2.31. The standard InChI is InChI=1S/C21H25N5O2/c27-20-18-15-22-19(17-8-13-28-14-9-17)26(18)23-21-24(10-4-11-25(20)21)12-7-16-5-2-1-3-6-16/h1-3,5-6,15,17H,4,7-14H2. The zero-order chi connectivity index (χ0) is 18.9. The number of anilines is 1. The van der Waals surface area contributed by atoms with Crippen LogP contribution in [0.25, 0.3) is 5.52 Å². The Hall–Kier alpha value is -2.67. The Morgan fingerprint density at radius 3 is 2.75 bits per heavy atom. The van der Waals surface area contributed by atoms with Gasteiger partial charge in [-0.1, -0.05) is 30.3 Å². The summed E-state index contributed by atoms with van der Waals surface area (Å²) in [6.45, 7) is 3.98. The molecule has 0 atom stereocenters. The minimum Gasteiger partial charge on any atom is -0.381 e. The molecular formula is C21H25N5O2. The van der Waals surface area contributed by atoms with E-state index in [2.05, 4.69) is 34.1 Å². The molecule has 0 radical (unpaired) electrons. The van der Waals surface area contributed by atoms with Gasteiger partial charge in [-0.15, -0.1) is 5.10 Å². The van der Waals surface area contributed by atoms with Gasteiger partial charge in [0.2, 0.25) is 5.95 Å². The summed E-state index contributed by atoms with van der Waals surface area (Å²) >= 11 is 0. The van der Waals surface area contributed by atoms with Crippen molar-refractivity contribution >= 4 is 11.5 Å². The predicted octanol–water partition coefficient (Wildman–Crippen LogP) is 2.24. The first-order valence-corrected chi connectivity index (χ1v) is 10.2. The molecule has 0 unspecified atom stereocenters. The smallest absolute Gasteiger partial charge is 0.280 e. The van der Waals surface area contributed by atoms with Gasteiger partial charge in [0.25, 0.3) is 5.56 Å². The maximum absolute atomic E-state index is 13.1. The van der Waals surface area contributed by atoms with E-state index in [0.717, 1.165) is 70.3 Å². The minimum absolute atomic E-state index is 0.0141. The molecule has 5 rings (SSSR count). The van der Waals surface area contributed by atoms with Crippen LogP contribution >= 0.6 is 0 Å². The van der Waals surface area contributed by atoms with Gasteiger partial charge in [-0.3, -0.25) is 9.36 Å². The van der Waals surface area contributed by atoms with Crippen LogP contribution in [0.2, 0.25) is 0 Å². The number of rotatable bonds is 4. The molecule has 0 aliphatic carbocycles. The molecule has 1 aromatic carbocycles. The molecular weight excluding hydrogens is 354 g/mol. The summed E-state index contributed by atoms with van der Waals surface area (Å²) in [6, 6.07) is 10.5. The zero-order valence-corrected chi connectivity index (χ0v) is 16.0. The van der Waals surface area contributed by atoms with Crippen molar-refractivity contribution in [3.8, 4) is 0 Å². The Morgan fingerprint density at radius 2 is 1.93 bits per heavy atom. The predicted molar refractivity (Wildman–Crippen MR) is 107 cm³/mol. The van der Waals surface area contributed by atoms with E-state index in [-0.39, 0.29) is 5.56 Å². The molecule has 28 heavy (non-hydrogen) atoms. The normalized spacial score (nSPS) is 17.8. The second-order valence-electron chi connectivity index (χ2n) is 7.63. The third-order valence-corrected chi connectivity index (χ3v) is 5.85. The maximum Gasteiger partial charge on any atom is 0.280 e. The first-order valence-electron chi connectivity index (χ1n) is 10.2. The minimum atomic E-state index is 0.0141. The Kier molecular flexibility index (Phi) is 4.60. The molecule has 7 nitrogen and oxygen atoms in total. The third-order valence-electron chi connectivity index (χ3n) is 5.85. The van der Waals surface area contributed by atoms with Gasteiger partial charge in [0, 0.05) is 38.8 Å². The first kappa shape index (κ1) is 17.4. The van der Waals surface area contributed by atoms with Gasteiger partial charge < -0.3 is 9.64 Å². The van der Waals surface area contributed by atoms with Crippen LogP contribution in [0.15, 0.2) is 41.3 Å². The molecule has 2 aliphatic heterocycles. The van der Waals surface area contributed by atoms with Gasteiger partial charge >= 0.3 is 0 Å². The van der Waals surface area contributed by atoms with Gasteiger partial charge in [-0.25, -0.2) is 9.50 Å². The highest BCUT2D eigenvalue weighted by atomic mass is 16.5. The van der Waals surface area contributed by atoms with Crippen LogP contribution in [0.5, 0.6) is 0 Å². The number of nitrogens with zero attached hydrogens (tertiary/aromatic N) is 5. The van der Waals surface area contributed by atoms with Gasteiger partial charge in [0.15, 0.2) is 5.52 Å². The summed E-state index contributed by atoms with van der Waals surface area (Å²) in [6.07, 6.45) is 5.44. The fourth-order valence-corrected chi connectivity index (χ4v) is 4.29. The van der Waals surface area contributed by atoms with Gasteiger partial charge in [-0.2, -0.15) is 0 Å². The summed E-state index contributed by atoms with van der Waals surface area (Å²) in [5.41, 5.74) is 1.89. The lowest BCUT2D eigenvalue weighted by molar-refractivity contribution is 0.0832.